The van der Waals surface area contributed by atoms with Gasteiger partial charge in [0.05, 0.1) is 0 Å². The van der Waals surface area contributed by atoms with Crippen molar-refractivity contribution in [3.63, 3.8) is 0 Å². The largest absolute Gasteiger partial charge is 0.0761 e. The van der Waals surface area contributed by atoms with Gasteiger partial charge in [-0.05, 0) is 0 Å². The van der Waals surface area contributed by atoms with E-state index in [1.165, 1.54) is 52.8 Å². The molecular formula is C3H9Si8. The Bertz CT molecular complexity index is 121. The summed E-state index contributed by atoms with van der Waals surface area (Å²) in [5.74, 6) is 0. The van der Waals surface area contributed by atoms with E-state index in [9.17, 15) is 0 Å². The molecule has 13 radical (unpaired) electrons. The number of rotatable bonds is 3. The highest BCUT2D eigenvalue weighted by Crippen LogP contribution is 2.06. The third-order valence-electron chi connectivity index (χ3n) is 1.81. The Labute approximate surface area is 85.6 Å². The molecule has 0 amide bonds. The second-order valence-electron chi connectivity index (χ2n) is 2.25. The lowest BCUT2D eigenvalue weighted by molar-refractivity contribution is 2.32. The molecular weight excluding hydrogens is 261 g/mol. The van der Waals surface area contributed by atoms with E-state index in [1.54, 1.807) is 0 Å². The van der Waals surface area contributed by atoms with Gasteiger partial charge in [-0.25, -0.2) is 0 Å². The van der Waals surface area contributed by atoms with Crippen LogP contribution in [0.2, 0.25) is 19.6 Å². The minimum atomic E-state index is -0.487. The first-order valence-electron chi connectivity index (χ1n) is 3.50. The molecule has 0 nitrogen and oxygen atoms in total. The van der Waals surface area contributed by atoms with E-state index in [2.05, 4.69) is 19.6 Å². The Kier molecular flexibility index (Phi) is 4.75. The summed E-state index contributed by atoms with van der Waals surface area (Å²) in [7, 11) is 8.92. The van der Waals surface area contributed by atoms with Crippen LogP contribution in [-0.4, -0.2) is 66.3 Å². The van der Waals surface area contributed by atoms with Crippen LogP contribution in [0.25, 0.3) is 0 Å². The summed E-state index contributed by atoms with van der Waals surface area (Å²) >= 11 is 0. The van der Waals surface area contributed by atoms with E-state index in [4.69, 9.17) is 0 Å². The zero-order chi connectivity index (χ0) is 8.32. The van der Waals surface area contributed by atoms with Gasteiger partial charge in [0, 0.05) is 66.3 Å². The van der Waals surface area contributed by atoms with Crippen molar-refractivity contribution in [2.24, 2.45) is 0 Å². The predicted molar refractivity (Wildman–Crippen MR) is 63.6 cm³/mol. The van der Waals surface area contributed by atoms with Gasteiger partial charge in [0.15, 0.2) is 0 Å². The van der Waals surface area contributed by atoms with Gasteiger partial charge in [0.2, 0.25) is 0 Å². The summed E-state index contributed by atoms with van der Waals surface area (Å²) in [6, 6.07) is 0. The van der Waals surface area contributed by atoms with Crippen LogP contribution in [0.5, 0.6) is 0 Å². The molecule has 0 aromatic heterocycles. The van der Waals surface area contributed by atoms with Crippen LogP contribution in [0.1, 0.15) is 0 Å². The van der Waals surface area contributed by atoms with E-state index in [-0.39, 0.29) is 0 Å². The summed E-state index contributed by atoms with van der Waals surface area (Å²) in [5.41, 5.74) is 0. The van der Waals surface area contributed by atoms with Gasteiger partial charge in [-0.1, -0.05) is 19.6 Å². The van der Waals surface area contributed by atoms with E-state index in [1.807, 2.05) is 0 Å². The fourth-order valence-corrected chi connectivity index (χ4v) is 138. The molecule has 0 N–H and O–H groups in total. The summed E-state index contributed by atoms with van der Waals surface area (Å²) in [6.45, 7) is 7.52. The summed E-state index contributed by atoms with van der Waals surface area (Å²) < 4.78 is 0. The van der Waals surface area contributed by atoms with Crippen molar-refractivity contribution in [3.05, 3.63) is 0 Å². The molecule has 53 valence electrons. The molecule has 1 fully saturated rings. The summed E-state index contributed by atoms with van der Waals surface area (Å²) in [6.07, 6.45) is -0.487. The number of hydrogen-bond acceptors (Lipinski definition) is 0. The molecule has 0 saturated carbocycles. The monoisotopic (exact) mass is 269 g/mol. The van der Waals surface area contributed by atoms with E-state index >= 15 is 0 Å². The Morgan fingerprint density at radius 2 is 1.82 bits per heavy atom. The molecule has 1 aliphatic rings. The second kappa shape index (κ2) is 4.83. The lowest BCUT2D eigenvalue weighted by Gasteiger charge is -2.28. The Morgan fingerprint density at radius 1 is 1.18 bits per heavy atom. The normalized spacial score (nSPS) is 24.3. The molecule has 0 bridgehead atoms. The summed E-state index contributed by atoms with van der Waals surface area (Å²) in [5, 5.41) is 0. The van der Waals surface area contributed by atoms with Crippen molar-refractivity contribution in [3.8, 4) is 0 Å². The lowest BCUT2D eigenvalue weighted by atomic mass is 11.9. The highest BCUT2D eigenvalue weighted by molar-refractivity contribution is 8.13. The molecule has 0 spiro atoms. The van der Waals surface area contributed by atoms with Crippen LogP contribution in [0.3, 0.4) is 0 Å². The molecule has 1 rings (SSSR count). The van der Waals surface area contributed by atoms with Gasteiger partial charge >= 0.3 is 0 Å². The van der Waals surface area contributed by atoms with Crippen molar-refractivity contribution in [1.82, 2.24) is 0 Å². The van der Waals surface area contributed by atoms with Crippen LogP contribution < -0.4 is 0 Å². The van der Waals surface area contributed by atoms with E-state index < -0.39 is 6.14 Å². The van der Waals surface area contributed by atoms with Crippen molar-refractivity contribution >= 4 is 66.3 Å². The fraction of sp³-hybridized carbons (Fsp3) is 1.00. The first-order chi connectivity index (χ1) is 5.29. The van der Waals surface area contributed by atoms with E-state index in [0.717, 1.165) is 0 Å². The minimum Gasteiger partial charge on any atom is -0.0761 e. The molecule has 0 aliphatic carbocycles. The standard InChI is InChI=1S/C3H9Si8/c1-4-10-8-7-9-11(10,5-2)6-3/h1-3H3. The zero-order valence-electron chi connectivity index (χ0n) is 7.00. The topological polar surface area (TPSA) is 0 Å². The minimum absolute atomic E-state index is 0.293. The smallest absolute Gasteiger partial charge is 0.0148 e. The maximum atomic E-state index is 2.51. The lowest BCUT2D eigenvalue weighted by Crippen LogP contribution is -2.64. The molecule has 1 saturated heterocycles. The van der Waals surface area contributed by atoms with Crippen molar-refractivity contribution in [2.75, 3.05) is 0 Å². The average molecular weight is 270 g/mol. The average Bonchev–Trinajstić information content (AvgIpc) is 2.47. The van der Waals surface area contributed by atoms with E-state index in [0.29, 0.717) is 7.35 Å². The second-order valence-corrected chi connectivity index (χ2v) is 47.2. The zero-order valence-corrected chi connectivity index (χ0v) is 15.0. The van der Waals surface area contributed by atoms with Gasteiger partial charge < -0.3 is 0 Å². The quantitative estimate of drug-likeness (QED) is 0.559. The van der Waals surface area contributed by atoms with Gasteiger partial charge in [-0.2, -0.15) is 0 Å². The maximum Gasteiger partial charge on any atom is 0.0148 e. The molecule has 0 aromatic rings. The first-order valence-corrected chi connectivity index (χ1v) is 22.5. The molecule has 8 heteroatoms. The van der Waals surface area contributed by atoms with Gasteiger partial charge in [0.25, 0.3) is 0 Å². The van der Waals surface area contributed by atoms with Crippen LogP contribution in [0.15, 0.2) is 0 Å². The number of hydrogen-bond donors (Lipinski definition) is 0. The van der Waals surface area contributed by atoms with Gasteiger partial charge in [-0.15, -0.1) is 0 Å². The SMILES string of the molecule is C[Si][Si]1[Si][Si][Si][Si]1([Si]C)[Si]C. The third-order valence-corrected chi connectivity index (χ3v) is 92.8. The van der Waals surface area contributed by atoms with Gasteiger partial charge in [0.1, 0.15) is 0 Å². The van der Waals surface area contributed by atoms with Crippen molar-refractivity contribution < 1.29 is 0 Å². The maximum absolute atomic E-state index is 2.51. The van der Waals surface area contributed by atoms with Gasteiger partial charge in [-0.3, -0.25) is 0 Å². The molecule has 11 heavy (non-hydrogen) atoms. The Balaban J connectivity index is 2.63. The summed E-state index contributed by atoms with van der Waals surface area (Å²) in [4.78, 5) is 0. The highest BCUT2D eigenvalue weighted by Gasteiger charge is 2.42. The fourth-order valence-electron chi connectivity index (χ4n) is 1.09. The Morgan fingerprint density at radius 3 is 2.18 bits per heavy atom. The Hall–Kier alpha value is 1.74. The van der Waals surface area contributed by atoms with Crippen LogP contribution >= 0.6 is 0 Å². The molecule has 1 aliphatic heterocycles. The third kappa shape index (κ3) is 2.15. The van der Waals surface area contributed by atoms with Crippen LogP contribution in [-0.2, 0) is 0 Å². The molecule has 0 aromatic carbocycles. The molecule has 1 heterocycles. The molecule has 0 atom stereocenters. The first kappa shape index (κ1) is 10.8. The van der Waals surface area contributed by atoms with Crippen LogP contribution in [0, 0.1) is 0 Å². The predicted octanol–water partition coefficient (Wildman–Crippen LogP) is -1.30. The molecule has 0 unspecified atom stereocenters. The van der Waals surface area contributed by atoms with Crippen molar-refractivity contribution in [2.45, 2.75) is 19.6 Å². The van der Waals surface area contributed by atoms with Crippen LogP contribution in [0.4, 0.5) is 0 Å². The van der Waals surface area contributed by atoms with Crippen molar-refractivity contribution in [1.29, 1.82) is 0 Å². The highest BCUT2D eigenvalue weighted by atomic mass is 30.4.